The number of piperidine rings is 1. The van der Waals surface area contributed by atoms with Gasteiger partial charge in [-0.05, 0) is 31.8 Å². The number of hydrogen-bond acceptors (Lipinski definition) is 4. The van der Waals surface area contributed by atoms with E-state index in [1.54, 1.807) is 7.05 Å². The molecule has 2 rings (SSSR count). The van der Waals surface area contributed by atoms with Gasteiger partial charge in [0.1, 0.15) is 5.15 Å². The number of halogens is 2. The van der Waals surface area contributed by atoms with Gasteiger partial charge in [-0.3, -0.25) is 0 Å². The molecule has 6 nitrogen and oxygen atoms in total. The summed E-state index contributed by atoms with van der Waals surface area (Å²) in [5.41, 5.74) is 0. The smallest absolute Gasteiger partial charge is 0.263 e. The molecule has 1 saturated heterocycles. The second-order valence-electron chi connectivity index (χ2n) is 5.11. The predicted molar refractivity (Wildman–Crippen MR) is 85.5 cm³/mol. The number of nitrogens with zero attached hydrogens (tertiary/aromatic N) is 3. The minimum Gasteiger partial charge on any atom is -0.324 e. The summed E-state index contributed by atoms with van der Waals surface area (Å²) >= 11 is 5.99. The Morgan fingerprint density at radius 2 is 2.05 bits per heavy atom. The van der Waals surface area contributed by atoms with Crippen molar-refractivity contribution >= 4 is 34.0 Å². The molecule has 21 heavy (non-hydrogen) atoms. The maximum atomic E-state index is 12.5. The maximum absolute atomic E-state index is 12.5. The zero-order valence-corrected chi connectivity index (χ0v) is 14.6. The van der Waals surface area contributed by atoms with E-state index in [2.05, 4.69) is 17.2 Å². The van der Waals surface area contributed by atoms with Crippen molar-refractivity contribution in [2.24, 2.45) is 13.0 Å². The van der Waals surface area contributed by atoms with E-state index >= 15 is 0 Å². The van der Waals surface area contributed by atoms with Crippen LogP contribution in [0.25, 0.3) is 0 Å². The number of aryl methyl sites for hydroxylation is 1. The number of hydrogen-bond donors (Lipinski definition) is 1. The Hall–Kier alpha value is -0.340. The second kappa shape index (κ2) is 7.78. The van der Waals surface area contributed by atoms with Crippen molar-refractivity contribution < 1.29 is 8.42 Å². The lowest BCUT2D eigenvalue weighted by atomic mass is 9.98. The highest BCUT2D eigenvalue weighted by atomic mass is 35.5. The number of imidazole rings is 1. The van der Waals surface area contributed by atoms with Crippen molar-refractivity contribution in [1.82, 2.24) is 19.2 Å². The number of rotatable bonds is 5. The van der Waals surface area contributed by atoms with Gasteiger partial charge >= 0.3 is 0 Å². The van der Waals surface area contributed by atoms with E-state index in [4.69, 9.17) is 11.6 Å². The van der Waals surface area contributed by atoms with Crippen LogP contribution in [-0.4, -0.2) is 48.5 Å². The Labute approximate surface area is 137 Å². The minimum absolute atomic E-state index is 0. The summed E-state index contributed by atoms with van der Waals surface area (Å²) in [5, 5.41) is 3.44. The van der Waals surface area contributed by atoms with Crippen molar-refractivity contribution in [3.63, 3.8) is 0 Å². The van der Waals surface area contributed by atoms with Crippen LogP contribution in [0.15, 0.2) is 11.4 Å². The minimum atomic E-state index is -3.57. The highest BCUT2D eigenvalue weighted by molar-refractivity contribution is 7.89. The number of aromatic nitrogens is 2. The molecule has 0 amide bonds. The topological polar surface area (TPSA) is 67.2 Å². The average molecular weight is 357 g/mol. The van der Waals surface area contributed by atoms with Crippen LogP contribution >= 0.6 is 24.0 Å². The third-order valence-electron chi connectivity index (χ3n) is 3.68. The van der Waals surface area contributed by atoms with Gasteiger partial charge in [0.15, 0.2) is 0 Å². The fraction of sp³-hybridized carbons (Fsp3) is 0.750. The quantitative estimate of drug-likeness (QED) is 0.867. The largest absolute Gasteiger partial charge is 0.324 e. The first-order chi connectivity index (χ1) is 9.46. The summed E-state index contributed by atoms with van der Waals surface area (Å²) in [6.45, 7) is 5.04. The van der Waals surface area contributed by atoms with E-state index in [9.17, 15) is 8.42 Å². The Morgan fingerprint density at radius 1 is 1.43 bits per heavy atom. The Bertz CT molecular complexity index is 554. The van der Waals surface area contributed by atoms with Crippen LogP contribution in [0.2, 0.25) is 5.15 Å². The molecule has 0 aliphatic carbocycles. The van der Waals surface area contributed by atoms with Gasteiger partial charge in [-0.2, -0.15) is 4.31 Å². The van der Waals surface area contributed by atoms with Gasteiger partial charge in [0.05, 0.1) is 6.33 Å². The molecule has 1 aliphatic rings. The second-order valence-corrected chi connectivity index (χ2v) is 7.32. The molecule has 0 radical (unpaired) electrons. The molecule has 2 heterocycles. The fourth-order valence-corrected chi connectivity index (χ4v) is 4.25. The number of sulfonamides is 1. The van der Waals surface area contributed by atoms with E-state index in [0.29, 0.717) is 19.0 Å². The highest BCUT2D eigenvalue weighted by Gasteiger charge is 2.32. The standard InChI is InChI=1S/C12H21ClN4O2S.ClH/c1-3-14-8-10-4-6-17(7-5-10)20(18,19)12-11(13)16(2)9-15-12;/h9-10,14H,3-8H2,1-2H3;1H. The lowest BCUT2D eigenvalue weighted by Crippen LogP contribution is -2.40. The maximum Gasteiger partial charge on any atom is 0.263 e. The molecule has 1 aliphatic heterocycles. The molecular weight excluding hydrogens is 335 g/mol. The van der Waals surface area contributed by atoms with E-state index < -0.39 is 10.0 Å². The van der Waals surface area contributed by atoms with Gasteiger partial charge < -0.3 is 9.88 Å². The first-order valence-electron chi connectivity index (χ1n) is 6.84. The summed E-state index contributed by atoms with van der Waals surface area (Å²) < 4.78 is 28.0. The van der Waals surface area contributed by atoms with Crippen LogP contribution < -0.4 is 5.32 Å². The van der Waals surface area contributed by atoms with Crippen LogP contribution in [0, 0.1) is 5.92 Å². The van der Waals surface area contributed by atoms with Gasteiger partial charge in [0.25, 0.3) is 10.0 Å². The van der Waals surface area contributed by atoms with Crippen LogP contribution in [-0.2, 0) is 17.1 Å². The van der Waals surface area contributed by atoms with Crippen molar-refractivity contribution in [2.45, 2.75) is 24.8 Å². The molecule has 0 saturated carbocycles. The molecule has 1 aromatic rings. The molecule has 1 fully saturated rings. The first kappa shape index (κ1) is 18.7. The molecule has 0 atom stereocenters. The lowest BCUT2D eigenvalue weighted by molar-refractivity contribution is 0.268. The SMILES string of the molecule is CCNCC1CCN(S(=O)(=O)c2ncn(C)c2Cl)CC1.Cl. The normalized spacial score (nSPS) is 17.7. The van der Waals surface area contributed by atoms with E-state index in [0.717, 1.165) is 25.9 Å². The monoisotopic (exact) mass is 356 g/mol. The van der Waals surface area contributed by atoms with Gasteiger partial charge in [-0.1, -0.05) is 18.5 Å². The fourth-order valence-electron chi connectivity index (χ4n) is 2.39. The average Bonchev–Trinajstić information content (AvgIpc) is 2.78. The third kappa shape index (κ3) is 4.10. The molecule has 0 aromatic carbocycles. The van der Waals surface area contributed by atoms with Gasteiger partial charge in [-0.25, -0.2) is 13.4 Å². The molecule has 122 valence electrons. The van der Waals surface area contributed by atoms with Gasteiger partial charge in [0.2, 0.25) is 5.03 Å². The van der Waals surface area contributed by atoms with Crippen LogP contribution in [0.5, 0.6) is 0 Å². The summed E-state index contributed by atoms with van der Waals surface area (Å²) in [5.74, 6) is 0.542. The highest BCUT2D eigenvalue weighted by Crippen LogP contribution is 2.26. The third-order valence-corrected chi connectivity index (χ3v) is 6.07. The summed E-state index contributed by atoms with van der Waals surface area (Å²) in [7, 11) is -1.89. The lowest BCUT2D eigenvalue weighted by Gasteiger charge is -2.30. The van der Waals surface area contributed by atoms with E-state index in [1.807, 2.05) is 0 Å². The Kier molecular flexibility index (Phi) is 6.93. The van der Waals surface area contributed by atoms with Crippen LogP contribution in [0.3, 0.4) is 0 Å². The molecule has 1 aromatic heterocycles. The molecule has 0 spiro atoms. The summed E-state index contributed by atoms with van der Waals surface area (Å²) in [6, 6.07) is 0. The zero-order valence-electron chi connectivity index (χ0n) is 12.2. The number of nitrogens with one attached hydrogen (secondary N) is 1. The Balaban J connectivity index is 0.00000220. The van der Waals surface area contributed by atoms with Crippen molar-refractivity contribution in [3.05, 3.63) is 11.5 Å². The molecule has 0 bridgehead atoms. The summed E-state index contributed by atoms with van der Waals surface area (Å²) in [4.78, 5) is 3.92. The first-order valence-corrected chi connectivity index (χ1v) is 8.66. The van der Waals surface area contributed by atoms with Crippen LogP contribution in [0.4, 0.5) is 0 Å². The Morgan fingerprint density at radius 3 is 2.52 bits per heavy atom. The van der Waals surface area contributed by atoms with Crippen molar-refractivity contribution in [1.29, 1.82) is 0 Å². The molecule has 0 unspecified atom stereocenters. The predicted octanol–water partition coefficient (Wildman–Crippen LogP) is 1.51. The molecule has 1 N–H and O–H groups in total. The molecular formula is C12H22Cl2N4O2S. The van der Waals surface area contributed by atoms with Crippen LogP contribution in [0.1, 0.15) is 19.8 Å². The van der Waals surface area contributed by atoms with Gasteiger partial charge in [-0.15, -0.1) is 12.4 Å². The van der Waals surface area contributed by atoms with E-state index in [1.165, 1.54) is 15.2 Å². The van der Waals surface area contributed by atoms with Gasteiger partial charge in [0, 0.05) is 20.1 Å². The van der Waals surface area contributed by atoms with E-state index in [-0.39, 0.29) is 22.6 Å². The van der Waals surface area contributed by atoms with Crippen molar-refractivity contribution in [3.8, 4) is 0 Å². The zero-order chi connectivity index (χ0) is 14.8. The summed E-state index contributed by atoms with van der Waals surface area (Å²) in [6.07, 6.45) is 3.17. The van der Waals surface area contributed by atoms with Crippen molar-refractivity contribution in [2.75, 3.05) is 26.2 Å². The molecule has 9 heteroatoms.